The van der Waals surface area contributed by atoms with E-state index in [2.05, 4.69) is 20.0 Å². The number of nitrogens with one attached hydrogen (secondary N) is 1. The highest BCUT2D eigenvalue weighted by atomic mass is 16.5. The third-order valence-corrected chi connectivity index (χ3v) is 8.65. The molecule has 1 amide bonds. The number of carbonyl (C=O) groups excluding carboxylic acids is 1. The second-order valence-electron chi connectivity index (χ2n) is 11.3. The Morgan fingerprint density at radius 2 is 1.98 bits per heavy atom. The van der Waals surface area contributed by atoms with Gasteiger partial charge in [0.05, 0.1) is 37.6 Å². The summed E-state index contributed by atoms with van der Waals surface area (Å²) in [6, 6.07) is 5.99. The van der Waals surface area contributed by atoms with Crippen LogP contribution in [0.2, 0.25) is 0 Å². The summed E-state index contributed by atoms with van der Waals surface area (Å²) in [5.74, 6) is 9.39. The van der Waals surface area contributed by atoms with Crippen molar-refractivity contribution >= 4 is 23.3 Å². The molecule has 214 valence electrons. The first-order valence-electron chi connectivity index (χ1n) is 14.3. The Kier molecular flexibility index (Phi) is 8.94. The molecule has 5 rings (SSSR count). The smallest absolute Gasteiger partial charge is 0.227 e. The van der Waals surface area contributed by atoms with E-state index in [4.69, 9.17) is 20.7 Å². The van der Waals surface area contributed by atoms with Crippen LogP contribution in [-0.4, -0.2) is 72.1 Å². The molecule has 3 fully saturated rings. The Morgan fingerprint density at radius 3 is 2.65 bits per heavy atom. The van der Waals surface area contributed by atoms with E-state index in [1.165, 1.54) is 19.3 Å². The zero-order chi connectivity index (χ0) is 28.1. The van der Waals surface area contributed by atoms with Gasteiger partial charge in [-0.1, -0.05) is 6.07 Å². The molecule has 0 spiro atoms. The number of likely N-dealkylation sites (tertiary alicyclic amines) is 1. The van der Waals surface area contributed by atoms with Crippen molar-refractivity contribution in [3.63, 3.8) is 0 Å². The largest absolute Gasteiger partial charge is 0.494 e. The van der Waals surface area contributed by atoms with Gasteiger partial charge in [0.25, 0.3) is 0 Å². The maximum absolute atomic E-state index is 12.8. The molecule has 3 aliphatic rings. The number of hydrogen-bond donors (Lipinski definition) is 2. The first-order valence-corrected chi connectivity index (χ1v) is 14.3. The summed E-state index contributed by atoms with van der Waals surface area (Å²) in [6.45, 7) is 6.15. The van der Waals surface area contributed by atoms with Gasteiger partial charge < -0.3 is 30.5 Å². The Bertz CT molecular complexity index is 1220. The van der Waals surface area contributed by atoms with E-state index < -0.39 is 0 Å². The van der Waals surface area contributed by atoms with Crippen molar-refractivity contribution in [3.8, 4) is 5.75 Å². The SMILES string of the molecule is COCc1cnc(N2CCC(C3CC3CCOc3ccc(CC(=O)N4CC/C(=N\N)C(=N)C4)c(C)c3)CC2)nc1. The lowest BCUT2D eigenvalue weighted by molar-refractivity contribution is -0.129. The van der Waals surface area contributed by atoms with Crippen molar-refractivity contribution in [1.82, 2.24) is 14.9 Å². The van der Waals surface area contributed by atoms with Gasteiger partial charge in [-0.15, -0.1) is 0 Å². The molecule has 10 heteroatoms. The van der Waals surface area contributed by atoms with Crippen molar-refractivity contribution in [2.45, 2.75) is 52.1 Å². The average molecular weight is 548 g/mol. The second-order valence-corrected chi connectivity index (χ2v) is 11.3. The summed E-state index contributed by atoms with van der Waals surface area (Å²) in [5.41, 5.74) is 3.95. The van der Waals surface area contributed by atoms with E-state index in [-0.39, 0.29) is 12.5 Å². The molecule has 40 heavy (non-hydrogen) atoms. The molecule has 1 aromatic heterocycles. The Balaban J connectivity index is 1.01. The normalized spacial score (nSPS) is 22.6. The van der Waals surface area contributed by atoms with Crippen LogP contribution in [-0.2, 0) is 22.6 Å². The van der Waals surface area contributed by atoms with Crippen molar-refractivity contribution in [1.29, 1.82) is 5.41 Å². The standard InChI is InChI=1S/C30H41N7O3/c1-20-13-25(4-3-23(20)15-29(38)37-11-7-28(35-32)27(31)18-37)40-12-8-24-14-26(24)22-5-9-36(10-6-22)30-33-16-21(17-34-30)19-39-2/h3-4,13,16-17,22,24,26,31H,5-12,14-15,18-19,32H2,1-2H3/b31-27?,35-28+. The minimum absolute atomic E-state index is 0.0238. The molecule has 3 heterocycles. The average Bonchev–Trinajstić information content (AvgIpc) is 3.74. The van der Waals surface area contributed by atoms with Crippen LogP contribution in [0.1, 0.15) is 48.8 Å². The fourth-order valence-corrected chi connectivity index (χ4v) is 6.13. The number of hydrogen-bond acceptors (Lipinski definition) is 9. The monoisotopic (exact) mass is 547 g/mol. The highest BCUT2D eigenvalue weighted by Gasteiger charge is 2.43. The predicted octanol–water partition coefficient (Wildman–Crippen LogP) is 3.36. The van der Waals surface area contributed by atoms with Crippen LogP contribution in [0.5, 0.6) is 5.75 Å². The van der Waals surface area contributed by atoms with Crippen molar-refractivity contribution in [2.75, 3.05) is 44.8 Å². The minimum atomic E-state index is 0.0238. The van der Waals surface area contributed by atoms with Gasteiger partial charge in [-0.25, -0.2) is 9.97 Å². The van der Waals surface area contributed by atoms with Crippen LogP contribution >= 0.6 is 0 Å². The highest BCUT2D eigenvalue weighted by molar-refractivity contribution is 6.42. The first kappa shape index (κ1) is 28.0. The number of anilines is 1. The number of ether oxygens (including phenoxy) is 2. The van der Waals surface area contributed by atoms with Crippen LogP contribution in [0.15, 0.2) is 35.7 Å². The van der Waals surface area contributed by atoms with Gasteiger partial charge in [-0.2, -0.15) is 5.10 Å². The number of carbonyl (C=O) groups is 1. The van der Waals surface area contributed by atoms with Gasteiger partial charge in [-0.05, 0) is 73.6 Å². The lowest BCUT2D eigenvalue weighted by atomic mass is 9.90. The predicted molar refractivity (Wildman–Crippen MR) is 155 cm³/mol. The number of hydrazone groups is 1. The number of nitrogens with zero attached hydrogens (tertiary/aromatic N) is 5. The number of amides is 1. The molecule has 0 bridgehead atoms. The maximum atomic E-state index is 12.8. The Labute approximate surface area is 236 Å². The molecule has 2 aliphatic heterocycles. The van der Waals surface area contributed by atoms with Gasteiger partial charge >= 0.3 is 0 Å². The lowest BCUT2D eigenvalue weighted by Crippen LogP contribution is -2.45. The molecule has 1 saturated carbocycles. The lowest BCUT2D eigenvalue weighted by Gasteiger charge is -2.32. The third-order valence-electron chi connectivity index (χ3n) is 8.65. The van der Waals surface area contributed by atoms with Crippen LogP contribution in [0.4, 0.5) is 5.95 Å². The van der Waals surface area contributed by atoms with E-state index >= 15 is 0 Å². The van der Waals surface area contributed by atoms with Gasteiger partial charge in [0, 0.05) is 51.1 Å². The second kappa shape index (κ2) is 12.8. The highest BCUT2D eigenvalue weighted by Crippen LogP contribution is 2.49. The minimum Gasteiger partial charge on any atom is -0.494 e. The summed E-state index contributed by atoms with van der Waals surface area (Å²) >= 11 is 0. The summed E-state index contributed by atoms with van der Waals surface area (Å²) in [7, 11) is 1.68. The molecule has 2 unspecified atom stereocenters. The van der Waals surface area contributed by atoms with E-state index in [0.717, 1.165) is 72.3 Å². The number of benzene rings is 1. The number of methoxy groups -OCH3 is 1. The van der Waals surface area contributed by atoms with Crippen LogP contribution in [0.25, 0.3) is 0 Å². The van der Waals surface area contributed by atoms with E-state index in [9.17, 15) is 4.79 Å². The van der Waals surface area contributed by atoms with Crippen LogP contribution in [0, 0.1) is 30.1 Å². The van der Waals surface area contributed by atoms with Crippen molar-refractivity contribution in [3.05, 3.63) is 47.3 Å². The Morgan fingerprint density at radius 1 is 1.20 bits per heavy atom. The molecule has 1 aliphatic carbocycles. The summed E-state index contributed by atoms with van der Waals surface area (Å²) in [5, 5.41) is 11.7. The van der Waals surface area contributed by atoms with Gasteiger partial charge in [0.1, 0.15) is 5.75 Å². The molecule has 2 saturated heterocycles. The van der Waals surface area contributed by atoms with Crippen molar-refractivity contribution < 1.29 is 14.3 Å². The fraction of sp³-hybridized carbons (Fsp3) is 0.567. The number of nitrogens with two attached hydrogens (primary N) is 1. The summed E-state index contributed by atoms with van der Waals surface area (Å²) < 4.78 is 11.3. The molecular formula is C30H41N7O3. The fourth-order valence-electron chi connectivity index (χ4n) is 6.13. The topological polar surface area (TPSA) is 130 Å². The Hall–Kier alpha value is -3.53. The number of rotatable bonds is 10. The quantitative estimate of drug-likeness (QED) is 0.345. The van der Waals surface area contributed by atoms with Crippen LogP contribution < -0.4 is 15.5 Å². The van der Waals surface area contributed by atoms with Crippen molar-refractivity contribution in [2.24, 2.45) is 28.7 Å². The molecule has 2 atom stereocenters. The third kappa shape index (κ3) is 6.78. The number of aromatic nitrogens is 2. The van der Waals surface area contributed by atoms with Gasteiger partial charge in [0.2, 0.25) is 11.9 Å². The maximum Gasteiger partial charge on any atom is 0.227 e. The summed E-state index contributed by atoms with van der Waals surface area (Å²) in [4.78, 5) is 25.9. The molecule has 3 N–H and O–H groups in total. The van der Waals surface area contributed by atoms with Gasteiger partial charge in [-0.3, -0.25) is 4.79 Å². The zero-order valence-electron chi connectivity index (χ0n) is 23.6. The molecular weight excluding hydrogens is 506 g/mol. The van der Waals surface area contributed by atoms with E-state index in [1.807, 2.05) is 37.5 Å². The molecule has 1 aromatic carbocycles. The molecule has 2 aromatic rings. The zero-order valence-corrected chi connectivity index (χ0v) is 23.6. The number of aryl methyl sites for hydroxylation is 1. The van der Waals surface area contributed by atoms with Crippen LogP contribution in [0.3, 0.4) is 0 Å². The van der Waals surface area contributed by atoms with E-state index in [1.54, 1.807) is 12.0 Å². The molecule has 10 nitrogen and oxygen atoms in total. The molecule has 0 radical (unpaired) electrons. The summed E-state index contributed by atoms with van der Waals surface area (Å²) in [6.07, 6.45) is 9.37. The van der Waals surface area contributed by atoms with Gasteiger partial charge in [0.15, 0.2) is 0 Å². The number of piperidine rings is 2. The first-order chi connectivity index (χ1) is 19.4. The van der Waals surface area contributed by atoms with E-state index in [0.29, 0.717) is 37.4 Å².